The molecule has 3 rings (SSSR count). The van der Waals surface area contributed by atoms with Crippen molar-refractivity contribution in [2.24, 2.45) is 0 Å². The first-order valence-corrected chi connectivity index (χ1v) is 5.96. The van der Waals surface area contributed by atoms with Crippen LogP contribution in [-0.4, -0.2) is 34.7 Å². The molecule has 2 N–H and O–H groups in total. The van der Waals surface area contributed by atoms with Crippen molar-refractivity contribution >= 4 is 16.9 Å². The van der Waals surface area contributed by atoms with Gasteiger partial charge in [0, 0.05) is 25.8 Å². The van der Waals surface area contributed by atoms with E-state index in [0.717, 1.165) is 29.1 Å². The third kappa shape index (κ3) is 2.24. The minimum atomic E-state index is 0.596. The highest BCUT2D eigenvalue weighted by atomic mass is 16.5. The summed E-state index contributed by atoms with van der Waals surface area (Å²) >= 11 is 0. The van der Waals surface area contributed by atoms with Gasteiger partial charge in [0.2, 0.25) is 0 Å². The first-order chi connectivity index (χ1) is 8.36. The van der Waals surface area contributed by atoms with Crippen molar-refractivity contribution in [1.29, 1.82) is 0 Å². The normalized spacial score (nSPS) is 15.4. The molecule has 0 radical (unpaired) electrons. The van der Waals surface area contributed by atoms with Crippen molar-refractivity contribution in [3.05, 3.63) is 18.1 Å². The van der Waals surface area contributed by atoms with Gasteiger partial charge in [0.05, 0.1) is 12.0 Å². The molecule has 0 bridgehead atoms. The van der Waals surface area contributed by atoms with Gasteiger partial charge < -0.3 is 15.0 Å². The summed E-state index contributed by atoms with van der Waals surface area (Å²) < 4.78 is 5.06. The fraction of sp³-hybridized carbons (Fsp3) is 0.500. The number of nitrogens with zero attached hydrogens (tertiary/aromatic N) is 2. The lowest BCUT2D eigenvalue weighted by molar-refractivity contribution is 0.200. The van der Waals surface area contributed by atoms with E-state index in [0.29, 0.717) is 12.6 Å². The molecular weight excluding hydrogens is 216 g/mol. The third-order valence-corrected chi connectivity index (χ3v) is 2.91. The maximum atomic E-state index is 5.06. The van der Waals surface area contributed by atoms with Crippen LogP contribution in [0.2, 0.25) is 0 Å². The summed E-state index contributed by atoms with van der Waals surface area (Å²) in [6.45, 7) is 0.648. The lowest BCUT2D eigenvalue weighted by Gasteiger charge is -2.07. The standard InChI is InChI=1S/C12H16N4O/c1-17-7-5-10-15-11-9(4-6-13-11)12(16-10)14-8-2-3-8/h4,6,8H,2-3,5,7H2,1H3,(H2,13,14,15,16). The Morgan fingerprint density at radius 3 is 3.12 bits per heavy atom. The summed E-state index contributed by atoms with van der Waals surface area (Å²) in [6, 6.07) is 2.61. The average Bonchev–Trinajstić information content (AvgIpc) is 3.01. The molecule has 0 aromatic carbocycles. The molecule has 0 unspecified atom stereocenters. The molecule has 90 valence electrons. The van der Waals surface area contributed by atoms with Gasteiger partial charge in [-0.15, -0.1) is 0 Å². The Labute approximate surface area is 99.6 Å². The minimum Gasteiger partial charge on any atom is -0.384 e. The first-order valence-electron chi connectivity index (χ1n) is 5.96. The molecule has 17 heavy (non-hydrogen) atoms. The monoisotopic (exact) mass is 232 g/mol. The first kappa shape index (κ1) is 10.5. The summed E-state index contributed by atoms with van der Waals surface area (Å²) in [5.41, 5.74) is 0.897. The van der Waals surface area contributed by atoms with Crippen LogP contribution in [0.5, 0.6) is 0 Å². The predicted octanol–water partition coefficient (Wildman–Crippen LogP) is 1.72. The second-order valence-electron chi connectivity index (χ2n) is 4.39. The molecule has 0 atom stereocenters. The summed E-state index contributed by atoms with van der Waals surface area (Å²) in [5.74, 6) is 1.77. The SMILES string of the molecule is COCCc1nc(NC2CC2)c2cc[nH]c2n1. The van der Waals surface area contributed by atoms with Crippen molar-refractivity contribution in [3.63, 3.8) is 0 Å². The van der Waals surface area contributed by atoms with Crippen LogP contribution in [0.1, 0.15) is 18.7 Å². The van der Waals surface area contributed by atoms with E-state index in [1.807, 2.05) is 12.3 Å². The van der Waals surface area contributed by atoms with Crippen molar-refractivity contribution in [2.75, 3.05) is 19.0 Å². The van der Waals surface area contributed by atoms with Crippen molar-refractivity contribution in [3.8, 4) is 0 Å². The number of hydrogen-bond acceptors (Lipinski definition) is 4. The average molecular weight is 232 g/mol. The van der Waals surface area contributed by atoms with Gasteiger partial charge in [0.1, 0.15) is 17.3 Å². The van der Waals surface area contributed by atoms with Crippen LogP contribution in [0.25, 0.3) is 11.0 Å². The van der Waals surface area contributed by atoms with E-state index >= 15 is 0 Å². The molecule has 0 aliphatic heterocycles. The Kier molecular flexibility index (Phi) is 2.68. The number of fused-ring (bicyclic) bond motifs is 1. The van der Waals surface area contributed by atoms with E-state index in [2.05, 4.69) is 20.3 Å². The van der Waals surface area contributed by atoms with Crippen LogP contribution in [0.15, 0.2) is 12.3 Å². The summed E-state index contributed by atoms with van der Waals surface area (Å²) in [5, 5.41) is 4.52. The van der Waals surface area contributed by atoms with Gasteiger partial charge in [-0.25, -0.2) is 9.97 Å². The van der Waals surface area contributed by atoms with Gasteiger partial charge in [-0.05, 0) is 18.9 Å². The zero-order valence-electron chi connectivity index (χ0n) is 9.86. The molecule has 1 aliphatic carbocycles. The number of anilines is 1. The van der Waals surface area contributed by atoms with Gasteiger partial charge in [0.25, 0.3) is 0 Å². The molecule has 0 spiro atoms. The summed E-state index contributed by atoms with van der Waals surface area (Å²) in [6.07, 6.45) is 5.12. The number of hydrogen-bond donors (Lipinski definition) is 2. The largest absolute Gasteiger partial charge is 0.384 e. The van der Waals surface area contributed by atoms with E-state index in [9.17, 15) is 0 Å². The second kappa shape index (κ2) is 4.33. The van der Waals surface area contributed by atoms with Crippen LogP contribution in [0.4, 0.5) is 5.82 Å². The molecule has 2 heterocycles. The topological polar surface area (TPSA) is 62.8 Å². The highest BCUT2D eigenvalue weighted by Gasteiger charge is 2.22. The number of H-pyrrole nitrogens is 1. The number of methoxy groups -OCH3 is 1. The molecule has 5 heteroatoms. The number of rotatable bonds is 5. The van der Waals surface area contributed by atoms with Crippen LogP contribution in [0.3, 0.4) is 0 Å². The van der Waals surface area contributed by atoms with Gasteiger partial charge in [-0.3, -0.25) is 0 Å². The summed E-state index contributed by atoms with van der Waals surface area (Å²) in [7, 11) is 1.69. The van der Waals surface area contributed by atoms with Crippen molar-refractivity contribution in [1.82, 2.24) is 15.0 Å². The fourth-order valence-electron chi connectivity index (χ4n) is 1.82. The number of aromatic amines is 1. The van der Waals surface area contributed by atoms with E-state index < -0.39 is 0 Å². The smallest absolute Gasteiger partial charge is 0.143 e. The fourth-order valence-corrected chi connectivity index (χ4v) is 1.82. The van der Waals surface area contributed by atoms with Gasteiger partial charge in [-0.1, -0.05) is 0 Å². The van der Waals surface area contributed by atoms with E-state index in [1.54, 1.807) is 7.11 Å². The highest BCUT2D eigenvalue weighted by molar-refractivity contribution is 5.87. The quantitative estimate of drug-likeness (QED) is 0.824. The van der Waals surface area contributed by atoms with Gasteiger partial charge in [0.15, 0.2) is 0 Å². The molecule has 1 aliphatic rings. The Morgan fingerprint density at radius 2 is 2.35 bits per heavy atom. The van der Waals surface area contributed by atoms with E-state index in [1.165, 1.54) is 12.8 Å². The van der Waals surface area contributed by atoms with Crippen molar-refractivity contribution < 1.29 is 4.74 Å². The molecule has 2 aromatic rings. The Morgan fingerprint density at radius 1 is 1.47 bits per heavy atom. The van der Waals surface area contributed by atoms with Crippen molar-refractivity contribution in [2.45, 2.75) is 25.3 Å². The molecule has 0 amide bonds. The third-order valence-electron chi connectivity index (χ3n) is 2.91. The lowest BCUT2D eigenvalue weighted by atomic mass is 10.3. The maximum absolute atomic E-state index is 5.06. The second-order valence-corrected chi connectivity index (χ2v) is 4.39. The summed E-state index contributed by atoms with van der Waals surface area (Å²) in [4.78, 5) is 12.2. The number of ether oxygens (including phenoxy) is 1. The van der Waals surface area contributed by atoms with E-state index in [4.69, 9.17) is 4.74 Å². The van der Waals surface area contributed by atoms with E-state index in [-0.39, 0.29) is 0 Å². The molecule has 0 saturated heterocycles. The Balaban J connectivity index is 1.94. The molecule has 5 nitrogen and oxygen atoms in total. The van der Waals surface area contributed by atoms with Crippen LogP contribution in [-0.2, 0) is 11.2 Å². The van der Waals surface area contributed by atoms with Crippen LogP contribution < -0.4 is 5.32 Å². The molecule has 2 aromatic heterocycles. The van der Waals surface area contributed by atoms with Crippen LogP contribution >= 0.6 is 0 Å². The highest BCUT2D eigenvalue weighted by Crippen LogP contribution is 2.27. The van der Waals surface area contributed by atoms with Gasteiger partial charge in [-0.2, -0.15) is 0 Å². The Bertz CT molecular complexity index is 518. The minimum absolute atomic E-state index is 0.596. The number of nitrogens with one attached hydrogen (secondary N) is 2. The Hall–Kier alpha value is -1.62. The zero-order chi connectivity index (χ0) is 11.7. The number of aromatic nitrogens is 3. The van der Waals surface area contributed by atoms with Crippen LogP contribution in [0, 0.1) is 0 Å². The maximum Gasteiger partial charge on any atom is 0.143 e. The molecular formula is C12H16N4O. The molecule has 1 saturated carbocycles. The lowest BCUT2D eigenvalue weighted by Crippen LogP contribution is -2.08. The molecule has 1 fully saturated rings. The zero-order valence-corrected chi connectivity index (χ0v) is 9.86. The predicted molar refractivity (Wildman–Crippen MR) is 66.1 cm³/mol. The van der Waals surface area contributed by atoms with Gasteiger partial charge >= 0.3 is 0 Å².